The number of nitrogens with zero attached hydrogens (tertiary/aromatic N) is 2. The van der Waals surface area contributed by atoms with E-state index in [1.165, 1.54) is 12.1 Å². The molecule has 0 amide bonds. The van der Waals surface area contributed by atoms with Crippen LogP contribution in [0.5, 0.6) is 5.75 Å². The van der Waals surface area contributed by atoms with Crippen LogP contribution in [0.4, 0.5) is 8.78 Å². The van der Waals surface area contributed by atoms with E-state index in [1.807, 2.05) is 18.2 Å². The first-order valence-corrected chi connectivity index (χ1v) is 7.11. The first-order chi connectivity index (χ1) is 11.1. The van der Waals surface area contributed by atoms with Crippen molar-refractivity contribution in [2.75, 3.05) is 6.54 Å². The van der Waals surface area contributed by atoms with Crippen LogP contribution in [0, 0.1) is 0 Å². The minimum absolute atomic E-state index is 0.106. The normalized spacial score (nSPS) is 11.5. The van der Waals surface area contributed by atoms with Crippen LogP contribution in [0.25, 0.3) is 0 Å². The van der Waals surface area contributed by atoms with Crippen molar-refractivity contribution in [1.82, 2.24) is 10.3 Å². The van der Waals surface area contributed by atoms with Crippen LogP contribution in [0.1, 0.15) is 11.3 Å². The molecule has 0 unspecified atom stereocenters. The van der Waals surface area contributed by atoms with E-state index in [1.54, 1.807) is 18.3 Å². The summed E-state index contributed by atoms with van der Waals surface area (Å²) >= 11 is 0. The molecule has 0 aliphatic rings. The summed E-state index contributed by atoms with van der Waals surface area (Å²) in [6.45, 7) is -1.95. The molecule has 0 radical (unpaired) electrons. The van der Waals surface area contributed by atoms with Gasteiger partial charge in [0.25, 0.3) is 0 Å². The van der Waals surface area contributed by atoms with Gasteiger partial charge in [-0.1, -0.05) is 18.2 Å². The lowest BCUT2D eigenvalue weighted by Crippen LogP contribution is -2.33. The monoisotopic (exact) mass is 320 g/mol. The number of nitrogens with two attached hydrogens (primary N) is 1. The van der Waals surface area contributed by atoms with E-state index < -0.39 is 6.61 Å². The number of ether oxygens (including phenoxy) is 1. The Bertz CT molecular complexity index is 635. The zero-order valence-electron chi connectivity index (χ0n) is 12.5. The molecule has 0 atom stereocenters. The lowest BCUT2D eigenvalue weighted by Gasteiger charge is -2.07. The molecule has 2 aromatic rings. The van der Waals surface area contributed by atoms with Gasteiger partial charge >= 0.3 is 6.61 Å². The molecule has 0 saturated carbocycles. The molecular formula is C16H18F2N4O. The van der Waals surface area contributed by atoms with Gasteiger partial charge in [0, 0.05) is 24.9 Å². The minimum Gasteiger partial charge on any atom is -0.435 e. The third-order valence-corrected chi connectivity index (χ3v) is 2.97. The highest BCUT2D eigenvalue weighted by molar-refractivity contribution is 5.77. The number of aromatic nitrogens is 1. The summed E-state index contributed by atoms with van der Waals surface area (Å²) < 4.78 is 28.7. The molecule has 0 bridgehead atoms. The van der Waals surface area contributed by atoms with E-state index in [2.05, 4.69) is 20.0 Å². The number of guanidine groups is 1. The SMILES string of the molecule is NC(=NCc1cccc(OC(F)F)c1)NCCc1ccccn1. The Hall–Kier alpha value is -2.70. The summed E-state index contributed by atoms with van der Waals surface area (Å²) in [5.74, 6) is 0.399. The van der Waals surface area contributed by atoms with Crippen LogP contribution < -0.4 is 15.8 Å². The maximum Gasteiger partial charge on any atom is 0.387 e. The molecule has 0 aliphatic carbocycles. The number of alkyl halides is 2. The molecule has 23 heavy (non-hydrogen) atoms. The molecule has 3 N–H and O–H groups in total. The zero-order chi connectivity index (χ0) is 16.5. The van der Waals surface area contributed by atoms with Gasteiger partial charge in [0.15, 0.2) is 5.96 Å². The summed E-state index contributed by atoms with van der Waals surface area (Å²) in [5, 5.41) is 2.98. The second-order valence-corrected chi connectivity index (χ2v) is 4.73. The Morgan fingerprint density at radius 3 is 2.87 bits per heavy atom. The fraction of sp³-hybridized carbons (Fsp3) is 0.250. The number of aliphatic imine (C=N–C) groups is 1. The number of halogens is 2. The molecule has 5 nitrogen and oxygen atoms in total. The predicted molar refractivity (Wildman–Crippen MR) is 84.3 cm³/mol. The van der Waals surface area contributed by atoms with Crippen molar-refractivity contribution in [1.29, 1.82) is 0 Å². The Morgan fingerprint density at radius 1 is 1.26 bits per heavy atom. The van der Waals surface area contributed by atoms with Crippen LogP contribution in [0.2, 0.25) is 0 Å². The Morgan fingerprint density at radius 2 is 2.13 bits per heavy atom. The first kappa shape index (κ1) is 16.7. The maximum absolute atomic E-state index is 12.2. The van der Waals surface area contributed by atoms with Crippen molar-refractivity contribution >= 4 is 5.96 Å². The summed E-state index contributed by atoms with van der Waals surface area (Å²) in [4.78, 5) is 8.37. The predicted octanol–water partition coefficient (Wildman–Crippen LogP) is 2.33. The fourth-order valence-electron chi connectivity index (χ4n) is 1.92. The average molecular weight is 320 g/mol. The third-order valence-electron chi connectivity index (χ3n) is 2.97. The molecule has 7 heteroatoms. The number of pyridine rings is 1. The van der Waals surface area contributed by atoms with Crippen molar-refractivity contribution in [2.24, 2.45) is 10.7 Å². The van der Waals surface area contributed by atoms with Gasteiger partial charge in [0.05, 0.1) is 6.54 Å². The van der Waals surface area contributed by atoms with Gasteiger partial charge in [-0.3, -0.25) is 4.98 Å². The Kier molecular flexibility index (Phi) is 6.28. The second kappa shape index (κ2) is 8.67. The van der Waals surface area contributed by atoms with Crippen LogP contribution >= 0.6 is 0 Å². The summed E-state index contributed by atoms with van der Waals surface area (Å²) in [5.41, 5.74) is 7.47. The standard InChI is InChI=1S/C16H18F2N4O/c17-15(18)23-14-6-3-4-12(10-14)11-22-16(19)21-9-7-13-5-1-2-8-20-13/h1-6,8,10,15H,7,9,11H2,(H3,19,21,22). The van der Waals surface area contributed by atoms with Gasteiger partial charge in [-0.2, -0.15) is 8.78 Å². The minimum atomic E-state index is -2.84. The highest BCUT2D eigenvalue weighted by Gasteiger charge is 2.04. The van der Waals surface area contributed by atoms with Crippen LogP contribution in [0.15, 0.2) is 53.7 Å². The number of nitrogens with one attached hydrogen (secondary N) is 1. The van der Waals surface area contributed by atoms with Crippen molar-refractivity contribution in [2.45, 2.75) is 19.6 Å². The number of hydrogen-bond donors (Lipinski definition) is 2. The average Bonchev–Trinajstić information content (AvgIpc) is 2.54. The highest BCUT2D eigenvalue weighted by Crippen LogP contribution is 2.16. The molecule has 122 valence electrons. The largest absolute Gasteiger partial charge is 0.435 e. The topological polar surface area (TPSA) is 72.5 Å². The maximum atomic E-state index is 12.2. The van der Waals surface area contributed by atoms with Crippen molar-refractivity contribution in [3.8, 4) is 5.75 Å². The van der Waals surface area contributed by atoms with E-state index in [-0.39, 0.29) is 12.3 Å². The lowest BCUT2D eigenvalue weighted by molar-refractivity contribution is -0.0498. The van der Waals surface area contributed by atoms with Gasteiger partial charge in [-0.25, -0.2) is 4.99 Å². The van der Waals surface area contributed by atoms with E-state index in [0.717, 1.165) is 17.7 Å². The van der Waals surface area contributed by atoms with Gasteiger partial charge in [-0.15, -0.1) is 0 Å². The van der Waals surface area contributed by atoms with Crippen LogP contribution in [-0.2, 0) is 13.0 Å². The Labute approximate surface area is 133 Å². The Balaban J connectivity index is 1.80. The van der Waals surface area contributed by atoms with Crippen molar-refractivity contribution in [3.63, 3.8) is 0 Å². The molecule has 0 fully saturated rings. The van der Waals surface area contributed by atoms with Crippen LogP contribution in [-0.4, -0.2) is 24.1 Å². The number of rotatable bonds is 7. The summed E-state index contributed by atoms with van der Waals surface area (Å²) in [6, 6.07) is 12.1. The molecule has 0 saturated heterocycles. The van der Waals surface area contributed by atoms with E-state index in [9.17, 15) is 8.78 Å². The fourth-order valence-corrected chi connectivity index (χ4v) is 1.92. The quantitative estimate of drug-likeness (QED) is 0.607. The first-order valence-electron chi connectivity index (χ1n) is 7.11. The van der Waals surface area contributed by atoms with Gasteiger partial charge in [0.2, 0.25) is 0 Å². The summed E-state index contributed by atoms with van der Waals surface area (Å²) in [7, 11) is 0. The van der Waals surface area contributed by atoms with E-state index in [0.29, 0.717) is 12.5 Å². The number of hydrogen-bond acceptors (Lipinski definition) is 3. The molecule has 1 aromatic heterocycles. The third kappa shape index (κ3) is 6.29. The molecule has 1 aromatic carbocycles. The molecule has 0 spiro atoms. The molecule has 1 heterocycles. The van der Waals surface area contributed by atoms with Gasteiger partial charge < -0.3 is 15.8 Å². The molecule has 0 aliphatic heterocycles. The van der Waals surface area contributed by atoms with Gasteiger partial charge in [-0.05, 0) is 29.8 Å². The van der Waals surface area contributed by atoms with Gasteiger partial charge in [0.1, 0.15) is 5.75 Å². The molecular weight excluding hydrogens is 302 g/mol. The number of benzene rings is 1. The van der Waals surface area contributed by atoms with E-state index >= 15 is 0 Å². The van der Waals surface area contributed by atoms with Crippen molar-refractivity contribution < 1.29 is 13.5 Å². The van der Waals surface area contributed by atoms with Crippen molar-refractivity contribution in [3.05, 3.63) is 59.9 Å². The lowest BCUT2D eigenvalue weighted by atomic mass is 10.2. The van der Waals surface area contributed by atoms with Crippen LogP contribution in [0.3, 0.4) is 0 Å². The molecule has 2 rings (SSSR count). The van der Waals surface area contributed by atoms with E-state index in [4.69, 9.17) is 5.73 Å². The smallest absolute Gasteiger partial charge is 0.387 e. The summed E-state index contributed by atoms with van der Waals surface area (Å²) in [6.07, 6.45) is 2.47. The zero-order valence-corrected chi connectivity index (χ0v) is 12.5. The second-order valence-electron chi connectivity index (χ2n) is 4.73. The highest BCUT2D eigenvalue weighted by atomic mass is 19.3.